The third-order valence-electron chi connectivity index (χ3n) is 5.52. The number of aromatic nitrogens is 1. The number of primary amides is 1. The Labute approximate surface area is 149 Å². The molecule has 3 rings (SSSR count). The summed E-state index contributed by atoms with van der Waals surface area (Å²) < 4.78 is 2.26. The Hall–Kier alpha value is -2.32. The van der Waals surface area contributed by atoms with Crippen molar-refractivity contribution in [1.29, 1.82) is 5.26 Å². The molecule has 2 atom stereocenters. The third-order valence-corrected chi connectivity index (χ3v) is 5.52. The molecule has 2 unspecified atom stereocenters. The normalized spacial score (nSPS) is 19.6. The van der Waals surface area contributed by atoms with E-state index in [9.17, 15) is 10.1 Å². The molecule has 1 aromatic heterocycles. The Morgan fingerprint density at radius 1 is 1.36 bits per heavy atom. The Morgan fingerprint density at radius 3 is 2.84 bits per heavy atom. The van der Waals surface area contributed by atoms with Gasteiger partial charge in [0.1, 0.15) is 0 Å². The second-order valence-corrected chi connectivity index (χ2v) is 7.17. The highest BCUT2D eigenvalue weighted by Gasteiger charge is 2.26. The van der Waals surface area contributed by atoms with E-state index in [1.54, 1.807) is 0 Å². The van der Waals surface area contributed by atoms with Gasteiger partial charge in [-0.3, -0.25) is 4.79 Å². The molecule has 0 radical (unpaired) electrons. The van der Waals surface area contributed by atoms with Crippen LogP contribution in [0.1, 0.15) is 24.1 Å². The van der Waals surface area contributed by atoms with E-state index < -0.39 is 0 Å². The number of carbonyl (C=O) groups is 1. The van der Waals surface area contributed by atoms with E-state index in [2.05, 4.69) is 47.6 Å². The molecule has 2 heterocycles. The highest BCUT2D eigenvalue weighted by atomic mass is 16.1. The first-order chi connectivity index (χ1) is 12.0. The fraction of sp³-hybridized carbons (Fsp3) is 0.500. The zero-order valence-corrected chi connectivity index (χ0v) is 15.0. The Kier molecular flexibility index (Phi) is 5.10. The summed E-state index contributed by atoms with van der Waals surface area (Å²) in [7, 11) is 0. The van der Waals surface area contributed by atoms with E-state index in [0.29, 0.717) is 19.6 Å². The lowest BCUT2D eigenvalue weighted by Gasteiger charge is -2.32. The number of para-hydroxylation sites is 1. The average Bonchev–Trinajstić information content (AvgIpc) is 2.86. The highest BCUT2D eigenvalue weighted by molar-refractivity contribution is 5.85. The Morgan fingerprint density at radius 2 is 2.12 bits per heavy atom. The number of piperidine rings is 1. The number of carbonyl (C=O) groups excluding carboxylic acids is 1. The van der Waals surface area contributed by atoms with E-state index in [1.165, 1.54) is 22.2 Å². The topological polar surface area (TPSA) is 75.1 Å². The van der Waals surface area contributed by atoms with Gasteiger partial charge in [0, 0.05) is 36.2 Å². The molecule has 132 valence electrons. The van der Waals surface area contributed by atoms with Crippen LogP contribution in [-0.4, -0.2) is 35.0 Å². The molecule has 1 aromatic carbocycles. The number of rotatable bonds is 5. The van der Waals surface area contributed by atoms with Gasteiger partial charge in [-0.2, -0.15) is 5.26 Å². The molecule has 2 N–H and O–H groups in total. The van der Waals surface area contributed by atoms with Crippen LogP contribution >= 0.6 is 0 Å². The zero-order valence-electron chi connectivity index (χ0n) is 15.0. The van der Waals surface area contributed by atoms with Gasteiger partial charge in [0.2, 0.25) is 5.91 Å². The summed E-state index contributed by atoms with van der Waals surface area (Å²) in [6, 6.07) is 10.8. The first kappa shape index (κ1) is 17.5. The number of hydrogen-bond acceptors (Lipinski definition) is 3. The second kappa shape index (κ2) is 7.28. The maximum absolute atomic E-state index is 11.5. The maximum Gasteiger partial charge on any atom is 0.221 e. The largest absolute Gasteiger partial charge is 0.369 e. The summed E-state index contributed by atoms with van der Waals surface area (Å²) in [6.45, 7) is 7.23. The van der Waals surface area contributed by atoms with Crippen molar-refractivity contribution in [3.63, 3.8) is 0 Å². The minimum atomic E-state index is -0.221. The molecule has 1 aliphatic heterocycles. The second-order valence-electron chi connectivity index (χ2n) is 7.17. The predicted molar refractivity (Wildman–Crippen MR) is 98.9 cm³/mol. The van der Waals surface area contributed by atoms with Crippen LogP contribution in [0.2, 0.25) is 0 Å². The summed E-state index contributed by atoms with van der Waals surface area (Å²) in [5.74, 6) is -0.411. The lowest BCUT2D eigenvalue weighted by molar-refractivity contribution is -0.123. The van der Waals surface area contributed by atoms with Gasteiger partial charge in [-0.05, 0) is 44.9 Å². The molecule has 0 bridgehead atoms. The van der Waals surface area contributed by atoms with Gasteiger partial charge >= 0.3 is 0 Å². The van der Waals surface area contributed by atoms with Gasteiger partial charge in [-0.15, -0.1) is 0 Å². The van der Waals surface area contributed by atoms with Crippen molar-refractivity contribution in [1.82, 2.24) is 9.47 Å². The molecule has 5 nitrogen and oxygen atoms in total. The zero-order chi connectivity index (χ0) is 18.0. The lowest BCUT2D eigenvalue weighted by Crippen LogP contribution is -2.43. The molecule has 0 aliphatic carbocycles. The fourth-order valence-electron chi connectivity index (χ4n) is 3.96. The Balaban J connectivity index is 1.76. The predicted octanol–water partition coefficient (Wildman–Crippen LogP) is 2.60. The first-order valence-corrected chi connectivity index (χ1v) is 8.97. The van der Waals surface area contributed by atoms with Crippen molar-refractivity contribution in [3.8, 4) is 6.07 Å². The summed E-state index contributed by atoms with van der Waals surface area (Å²) in [6.07, 6.45) is 1.83. The summed E-state index contributed by atoms with van der Waals surface area (Å²) in [5.41, 5.74) is 9.15. The quantitative estimate of drug-likeness (QED) is 0.910. The van der Waals surface area contributed by atoms with Crippen molar-refractivity contribution in [2.24, 2.45) is 17.6 Å². The summed E-state index contributed by atoms with van der Waals surface area (Å²) in [4.78, 5) is 13.7. The molecule has 1 saturated heterocycles. The van der Waals surface area contributed by atoms with E-state index in [1.807, 2.05) is 6.07 Å². The third kappa shape index (κ3) is 3.54. The maximum atomic E-state index is 11.5. The molecular formula is C20H26N4O. The van der Waals surface area contributed by atoms with Crippen LogP contribution in [0.3, 0.4) is 0 Å². The minimum absolute atomic E-state index is 0.0792. The van der Waals surface area contributed by atoms with Gasteiger partial charge in [0.05, 0.1) is 17.9 Å². The number of benzene rings is 1. The van der Waals surface area contributed by atoms with E-state index >= 15 is 0 Å². The molecule has 1 amide bonds. The molecule has 1 fully saturated rings. The minimum Gasteiger partial charge on any atom is -0.369 e. The van der Waals surface area contributed by atoms with Crippen LogP contribution in [0, 0.1) is 37.0 Å². The van der Waals surface area contributed by atoms with Crippen LogP contribution in [-0.2, 0) is 11.3 Å². The van der Waals surface area contributed by atoms with Crippen molar-refractivity contribution in [3.05, 3.63) is 35.5 Å². The van der Waals surface area contributed by atoms with Crippen LogP contribution in [0.15, 0.2) is 24.3 Å². The monoisotopic (exact) mass is 338 g/mol. The number of hydrogen-bond donors (Lipinski definition) is 1. The van der Waals surface area contributed by atoms with Gasteiger partial charge in [0.15, 0.2) is 0 Å². The molecule has 1 aliphatic rings. The fourth-order valence-corrected chi connectivity index (χ4v) is 3.96. The Bertz CT molecular complexity index is 817. The number of nitrogens with zero attached hydrogens (tertiary/aromatic N) is 3. The van der Waals surface area contributed by atoms with Crippen LogP contribution < -0.4 is 5.73 Å². The van der Waals surface area contributed by atoms with Gasteiger partial charge in [-0.25, -0.2) is 0 Å². The molecule has 2 aromatic rings. The highest BCUT2D eigenvalue weighted by Crippen LogP contribution is 2.26. The molecule has 0 spiro atoms. The summed E-state index contributed by atoms with van der Waals surface area (Å²) in [5, 5.41) is 10.9. The number of fused-ring (bicyclic) bond motifs is 1. The van der Waals surface area contributed by atoms with E-state index in [4.69, 9.17) is 5.73 Å². The number of amides is 1. The molecule has 5 heteroatoms. The lowest BCUT2D eigenvalue weighted by atomic mass is 9.96. The van der Waals surface area contributed by atoms with Crippen molar-refractivity contribution < 1.29 is 4.79 Å². The van der Waals surface area contributed by atoms with Crippen molar-refractivity contribution in [2.75, 3.05) is 19.6 Å². The summed E-state index contributed by atoms with van der Waals surface area (Å²) >= 11 is 0. The number of likely N-dealkylation sites (tertiary alicyclic amines) is 1. The van der Waals surface area contributed by atoms with Gasteiger partial charge < -0.3 is 15.2 Å². The molecule has 25 heavy (non-hydrogen) atoms. The van der Waals surface area contributed by atoms with Crippen molar-refractivity contribution in [2.45, 2.75) is 33.2 Å². The van der Waals surface area contributed by atoms with Gasteiger partial charge in [0.25, 0.3) is 0 Å². The molecular weight excluding hydrogens is 312 g/mol. The van der Waals surface area contributed by atoms with Crippen LogP contribution in [0.5, 0.6) is 0 Å². The van der Waals surface area contributed by atoms with E-state index in [0.717, 1.165) is 19.4 Å². The first-order valence-electron chi connectivity index (χ1n) is 8.97. The van der Waals surface area contributed by atoms with Crippen LogP contribution in [0.25, 0.3) is 10.9 Å². The number of aryl methyl sites for hydroxylation is 1. The smallest absolute Gasteiger partial charge is 0.221 e. The van der Waals surface area contributed by atoms with E-state index in [-0.39, 0.29) is 17.7 Å². The number of nitriles is 1. The average molecular weight is 338 g/mol. The van der Waals surface area contributed by atoms with Crippen molar-refractivity contribution >= 4 is 16.8 Å². The molecule has 0 saturated carbocycles. The van der Waals surface area contributed by atoms with Gasteiger partial charge in [-0.1, -0.05) is 18.2 Å². The number of nitrogens with two attached hydrogens (primary N) is 1. The standard InChI is InChI=1S/C20H26N4O/c1-14-15(2)24(19-8-4-3-7-18(14)19)12-16(10-21)11-23-9-5-6-17(13-23)20(22)25/h3-4,7-8,16-17H,5-6,9,11-13H2,1-2H3,(H2,22,25). The van der Waals surface area contributed by atoms with Crippen LogP contribution in [0.4, 0.5) is 0 Å². The SMILES string of the molecule is Cc1c(C)n(CC(C#N)CN2CCCC(C(N)=O)C2)c2ccccc12.